The first-order valence-electron chi connectivity index (χ1n) is 9.22. The molecule has 1 fully saturated rings. The van der Waals surface area contributed by atoms with Crippen LogP contribution in [-0.2, 0) is 14.3 Å². The van der Waals surface area contributed by atoms with Crippen molar-refractivity contribution in [2.45, 2.75) is 27.2 Å². The van der Waals surface area contributed by atoms with Crippen LogP contribution >= 0.6 is 0 Å². The van der Waals surface area contributed by atoms with Gasteiger partial charge < -0.3 is 14.4 Å². The van der Waals surface area contributed by atoms with Crippen molar-refractivity contribution in [1.82, 2.24) is 4.90 Å². The van der Waals surface area contributed by atoms with Crippen LogP contribution in [0.2, 0.25) is 0 Å². The number of hydrogen-bond donors (Lipinski definition) is 0. The highest BCUT2D eigenvalue weighted by Crippen LogP contribution is 2.21. The van der Waals surface area contributed by atoms with E-state index in [1.54, 1.807) is 29.2 Å². The van der Waals surface area contributed by atoms with Crippen LogP contribution in [0.15, 0.2) is 29.8 Å². The summed E-state index contributed by atoms with van der Waals surface area (Å²) in [5.41, 5.74) is 0.532. The molecule has 144 valence electrons. The van der Waals surface area contributed by atoms with Crippen molar-refractivity contribution in [3.05, 3.63) is 35.4 Å². The quantitative estimate of drug-likeness (QED) is 0.437. The van der Waals surface area contributed by atoms with E-state index in [2.05, 4.69) is 13.8 Å². The van der Waals surface area contributed by atoms with Gasteiger partial charge in [-0.2, -0.15) is 5.26 Å². The van der Waals surface area contributed by atoms with Crippen LogP contribution in [0.4, 0.5) is 0 Å². The Labute approximate surface area is 160 Å². The number of nitriles is 1. The van der Waals surface area contributed by atoms with Gasteiger partial charge in [-0.1, -0.05) is 26.0 Å². The molecule has 1 aromatic rings. The van der Waals surface area contributed by atoms with Gasteiger partial charge in [0.25, 0.3) is 5.91 Å². The third-order valence-corrected chi connectivity index (χ3v) is 4.39. The van der Waals surface area contributed by atoms with Crippen molar-refractivity contribution in [3.63, 3.8) is 0 Å². The largest absolute Gasteiger partial charge is 0.494 e. The minimum atomic E-state index is -0.794. The summed E-state index contributed by atoms with van der Waals surface area (Å²) in [4.78, 5) is 26.2. The van der Waals surface area contributed by atoms with E-state index in [1.807, 2.05) is 13.0 Å². The summed E-state index contributed by atoms with van der Waals surface area (Å²) in [6, 6.07) is 8.86. The first-order chi connectivity index (χ1) is 12.9. The van der Waals surface area contributed by atoms with E-state index in [-0.39, 0.29) is 18.1 Å². The van der Waals surface area contributed by atoms with Crippen molar-refractivity contribution in [3.8, 4) is 11.8 Å². The molecule has 1 heterocycles. The van der Waals surface area contributed by atoms with Gasteiger partial charge >= 0.3 is 5.97 Å². The number of carbonyl (C=O) groups excluding carboxylic acids is 2. The van der Waals surface area contributed by atoms with Crippen molar-refractivity contribution in [1.29, 1.82) is 5.26 Å². The molecule has 2 rings (SSSR count). The standard InChI is InChI=1S/C21H26N2O4/c1-4-26-19-7-5-17(6-8-19)10-18(11-22)21(25)27-14-20(24)23-12-15(2)9-16(3)13-23/h5-8,10,15-16H,4,9,12-14H2,1-3H3/b18-10+/t15-,16+. The molecular formula is C21H26N2O4. The van der Waals surface area contributed by atoms with Crippen LogP contribution < -0.4 is 4.74 Å². The Morgan fingerprint density at radius 2 is 1.85 bits per heavy atom. The number of esters is 1. The summed E-state index contributed by atoms with van der Waals surface area (Å²) < 4.78 is 10.4. The fraction of sp³-hybridized carbons (Fsp3) is 0.476. The predicted molar refractivity (Wildman–Crippen MR) is 102 cm³/mol. The lowest BCUT2D eigenvalue weighted by Crippen LogP contribution is -2.44. The van der Waals surface area contributed by atoms with Crippen LogP contribution in [0.5, 0.6) is 5.75 Å². The molecular weight excluding hydrogens is 344 g/mol. The minimum absolute atomic E-state index is 0.146. The maximum atomic E-state index is 12.3. The zero-order valence-corrected chi connectivity index (χ0v) is 16.1. The number of nitrogens with zero attached hydrogens (tertiary/aromatic N) is 2. The second-order valence-electron chi connectivity index (χ2n) is 6.99. The van der Waals surface area contributed by atoms with E-state index in [9.17, 15) is 14.9 Å². The zero-order chi connectivity index (χ0) is 19.8. The van der Waals surface area contributed by atoms with E-state index in [4.69, 9.17) is 9.47 Å². The molecule has 0 N–H and O–H groups in total. The van der Waals surface area contributed by atoms with Crippen LogP contribution in [0.25, 0.3) is 6.08 Å². The lowest BCUT2D eigenvalue weighted by Gasteiger charge is -2.34. The molecule has 1 saturated heterocycles. The summed E-state index contributed by atoms with van der Waals surface area (Å²) in [7, 11) is 0. The molecule has 27 heavy (non-hydrogen) atoms. The molecule has 2 atom stereocenters. The predicted octanol–water partition coefficient (Wildman–Crippen LogP) is 3.04. The Morgan fingerprint density at radius 1 is 1.22 bits per heavy atom. The number of rotatable bonds is 6. The number of carbonyl (C=O) groups is 2. The third-order valence-electron chi connectivity index (χ3n) is 4.39. The monoisotopic (exact) mass is 370 g/mol. The number of likely N-dealkylation sites (tertiary alicyclic amines) is 1. The van der Waals surface area contributed by atoms with E-state index in [0.717, 1.165) is 6.42 Å². The summed E-state index contributed by atoms with van der Waals surface area (Å²) in [5.74, 6) is 0.564. The van der Waals surface area contributed by atoms with Crippen molar-refractivity contribution >= 4 is 18.0 Å². The van der Waals surface area contributed by atoms with E-state index in [0.29, 0.717) is 42.8 Å². The lowest BCUT2D eigenvalue weighted by molar-refractivity contribution is -0.149. The molecule has 0 unspecified atom stereocenters. The van der Waals surface area contributed by atoms with Gasteiger partial charge in [0, 0.05) is 13.1 Å². The highest BCUT2D eigenvalue weighted by molar-refractivity contribution is 5.98. The zero-order valence-electron chi connectivity index (χ0n) is 16.1. The van der Waals surface area contributed by atoms with Crippen LogP contribution in [-0.4, -0.2) is 43.1 Å². The fourth-order valence-electron chi connectivity index (χ4n) is 3.29. The summed E-state index contributed by atoms with van der Waals surface area (Å²) in [5, 5.41) is 9.24. The molecule has 0 radical (unpaired) electrons. The normalized spacial score (nSPS) is 19.9. The Kier molecular flexibility index (Phi) is 7.42. The second kappa shape index (κ2) is 9.77. The van der Waals surface area contributed by atoms with Gasteiger partial charge in [-0.25, -0.2) is 4.79 Å². The van der Waals surface area contributed by atoms with E-state index < -0.39 is 5.97 Å². The Balaban J connectivity index is 1.94. The van der Waals surface area contributed by atoms with Gasteiger partial charge in [0.15, 0.2) is 6.61 Å². The Hall–Kier alpha value is -2.81. The molecule has 6 nitrogen and oxygen atoms in total. The molecule has 0 bridgehead atoms. The number of amides is 1. The minimum Gasteiger partial charge on any atom is -0.494 e. The molecule has 1 amide bonds. The molecule has 6 heteroatoms. The Morgan fingerprint density at radius 3 is 2.41 bits per heavy atom. The van der Waals surface area contributed by atoms with Gasteiger partial charge in [-0.3, -0.25) is 4.79 Å². The van der Waals surface area contributed by atoms with E-state index in [1.165, 1.54) is 6.08 Å². The maximum absolute atomic E-state index is 12.3. The smallest absolute Gasteiger partial charge is 0.349 e. The van der Waals surface area contributed by atoms with Gasteiger partial charge in [-0.15, -0.1) is 0 Å². The van der Waals surface area contributed by atoms with Crippen LogP contribution in [0, 0.1) is 23.2 Å². The fourth-order valence-corrected chi connectivity index (χ4v) is 3.29. The molecule has 0 aliphatic carbocycles. The summed E-state index contributed by atoms with van der Waals surface area (Å²) >= 11 is 0. The number of piperidine rings is 1. The highest BCUT2D eigenvalue weighted by Gasteiger charge is 2.26. The number of ether oxygens (including phenoxy) is 2. The van der Waals surface area contributed by atoms with Crippen LogP contribution in [0.3, 0.4) is 0 Å². The lowest BCUT2D eigenvalue weighted by atomic mass is 9.92. The summed E-state index contributed by atoms with van der Waals surface area (Å²) in [6.07, 6.45) is 2.53. The van der Waals surface area contributed by atoms with Crippen LogP contribution in [0.1, 0.15) is 32.8 Å². The molecule has 1 aromatic carbocycles. The van der Waals surface area contributed by atoms with Gasteiger partial charge in [0.05, 0.1) is 6.61 Å². The van der Waals surface area contributed by atoms with Crippen molar-refractivity contribution in [2.24, 2.45) is 11.8 Å². The van der Waals surface area contributed by atoms with Crippen molar-refractivity contribution in [2.75, 3.05) is 26.3 Å². The SMILES string of the molecule is CCOc1ccc(/C=C(\C#N)C(=O)OCC(=O)N2C[C@H](C)C[C@H](C)C2)cc1. The highest BCUT2D eigenvalue weighted by atomic mass is 16.5. The summed E-state index contributed by atoms with van der Waals surface area (Å²) in [6.45, 7) is 7.67. The average Bonchev–Trinajstić information content (AvgIpc) is 2.64. The maximum Gasteiger partial charge on any atom is 0.349 e. The molecule has 1 aliphatic heterocycles. The number of hydrogen-bond acceptors (Lipinski definition) is 5. The first-order valence-corrected chi connectivity index (χ1v) is 9.22. The molecule has 0 aromatic heterocycles. The molecule has 0 spiro atoms. The van der Waals surface area contributed by atoms with Crippen molar-refractivity contribution < 1.29 is 19.1 Å². The van der Waals surface area contributed by atoms with Gasteiger partial charge in [0.2, 0.25) is 0 Å². The second-order valence-corrected chi connectivity index (χ2v) is 6.99. The first kappa shape index (κ1) is 20.5. The topological polar surface area (TPSA) is 79.6 Å². The average molecular weight is 370 g/mol. The molecule has 0 saturated carbocycles. The van der Waals surface area contributed by atoms with Gasteiger partial charge in [-0.05, 0) is 49.0 Å². The molecule has 1 aliphatic rings. The van der Waals surface area contributed by atoms with Gasteiger partial charge in [0.1, 0.15) is 17.4 Å². The third kappa shape index (κ3) is 6.14. The Bertz CT molecular complexity index is 724. The number of benzene rings is 1. The van der Waals surface area contributed by atoms with E-state index >= 15 is 0 Å².